The molecule has 0 radical (unpaired) electrons. The highest BCUT2D eigenvalue weighted by atomic mass is 32.1. The quantitative estimate of drug-likeness (QED) is 0.727. The van der Waals surface area contributed by atoms with Crippen LogP contribution in [0.4, 0.5) is 5.69 Å². The predicted octanol–water partition coefficient (Wildman–Crippen LogP) is 0.886. The highest BCUT2D eigenvalue weighted by Crippen LogP contribution is 2.28. The number of hydrogen-bond donors (Lipinski definition) is 1. The van der Waals surface area contributed by atoms with E-state index >= 15 is 0 Å². The average molecular weight is 193 g/mol. The van der Waals surface area contributed by atoms with Crippen LogP contribution in [-0.2, 0) is 0 Å². The summed E-state index contributed by atoms with van der Waals surface area (Å²) in [5.41, 5.74) is 8.05. The van der Waals surface area contributed by atoms with E-state index in [1.165, 1.54) is 17.7 Å². The molecule has 0 spiro atoms. The Morgan fingerprint density at radius 1 is 1.31 bits per heavy atom. The van der Waals surface area contributed by atoms with Gasteiger partial charge < -0.3 is 5.73 Å². The first-order valence-corrected chi connectivity index (χ1v) is 4.42. The maximum Gasteiger partial charge on any atom is 0.0820 e. The minimum Gasteiger partial charge on any atom is -0.397 e. The van der Waals surface area contributed by atoms with E-state index < -0.39 is 0 Å². The third-order valence-electron chi connectivity index (χ3n) is 1.66. The monoisotopic (exact) mass is 193 g/mol. The standard InChI is InChI=1S/C7H7N5S/c1-4-7(13-12-11-4)5-2-9-10-3-6(5)8/h2-3H,1H3,(H2,8,9). The van der Waals surface area contributed by atoms with Crippen LogP contribution in [0.2, 0.25) is 0 Å². The molecule has 0 bridgehead atoms. The molecule has 2 aromatic rings. The first-order valence-electron chi connectivity index (χ1n) is 3.64. The summed E-state index contributed by atoms with van der Waals surface area (Å²) in [5.74, 6) is 0. The van der Waals surface area contributed by atoms with Crippen LogP contribution in [0.1, 0.15) is 5.69 Å². The molecule has 0 aliphatic heterocycles. The van der Waals surface area contributed by atoms with Gasteiger partial charge in [-0.25, -0.2) is 0 Å². The Morgan fingerprint density at radius 3 is 2.69 bits per heavy atom. The molecule has 0 unspecified atom stereocenters. The lowest BCUT2D eigenvalue weighted by Crippen LogP contribution is -1.92. The zero-order valence-corrected chi connectivity index (χ0v) is 7.75. The fourth-order valence-electron chi connectivity index (χ4n) is 0.998. The number of aromatic nitrogens is 4. The van der Waals surface area contributed by atoms with Gasteiger partial charge in [0.1, 0.15) is 0 Å². The molecular weight excluding hydrogens is 186 g/mol. The topological polar surface area (TPSA) is 77.6 Å². The van der Waals surface area contributed by atoms with Crippen molar-refractivity contribution in [3.8, 4) is 10.4 Å². The minimum atomic E-state index is 0.601. The first kappa shape index (κ1) is 8.06. The first-order chi connectivity index (χ1) is 6.29. The Labute approximate surface area is 78.8 Å². The van der Waals surface area contributed by atoms with Gasteiger partial charge in [0.2, 0.25) is 0 Å². The van der Waals surface area contributed by atoms with E-state index in [1.807, 2.05) is 6.92 Å². The molecule has 6 heteroatoms. The van der Waals surface area contributed by atoms with Crippen LogP contribution in [0, 0.1) is 6.92 Å². The summed E-state index contributed by atoms with van der Waals surface area (Å²) in [6.07, 6.45) is 3.14. The summed E-state index contributed by atoms with van der Waals surface area (Å²) < 4.78 is 3.83. The fourth-order valence-corrected chi connectivity index (χ4v) is 1.69. The van der Waals surface area contributed by atoms with Crippen LogP contribution in [0.25, 0.3) is 10.4 Å². The van der Waals surface area contributed by atoms with E-state index in [-0.39, 0.29) is 0 Å². The van der Waals surface area contributed by atoms with Gasteiger partial charge >= 0.3 is 0 Å². The molecule has 0 fully saturated rings. The maximum absolute atomic E-state index is 5.73. The van der Waals surface area contributed by atoms with E-state index in [0.717, 1.165) is 16.1 Å². The molecule has 2 rings (SSSR count). The van der Waals surface area contributed by atoms with E-state index in [1.54, 1.807) is 6.20 Å². The normalized spacial score (nSPS) is 10.2. The van der Waals surface area contributed by atoms with Gasteiger partial charge in [-0.15, -0.1) is 5.10 Å². The van der Waals surface area contributed by atoms with Crippen LogP contribution >= 0.6 is 11.5 Å². The van der Waals surface area contributed by atoms with Gasteiger partial charge in [-0.3, -0.25) is 0 Å². The zero-order valence-electron chi connectivity index (χ0n) is 6.93. The van der Waals surface area contributed by atoms with Gasteiger partial charge in [0.05, 0.1) is 28.7 Å². The molecule has 0 aliphatic rings. The van der Waals surface area contributed by atoms with Crippen molar-refractivity contribution in [3.05, 3.63) is 18.1 Å². The molecule has 0 saturated carbocycles. The van der Waals surface area contributed by atoms with Gasteiger partial charge in [-0.05, 0) is 18.5 Å². The Morgan fingerprint density at radius 2 is 2.08 bits per heavy atom. The molecular formula is C7H7N5S. The summed E-state index contributed by atoms with van der Waals surface area (Å²) in [6, 6.07) is 0. The SMILES string of the molecule is Cc1nnsc1-c1cnncc1N. The van der Waals surface area contributed by atoms with E-state index in [9.17, 15) is 0 Å². The molecule has 2 N–H and O–H groups in total. The van der Waals surface area contributed by atoms with Crippen molar-refractivity contribution < 1.29 is 0 Å². The van der Waals surface area contributed by atoms with Crippen molar-refractivity contribution >= 4 is 17.2 Å². The number of hydrogen-bond acceptors (Lipinski definition) is 6. The third-order valence-corrected chi connectivity index (χ3v) is 2.52. The van der Waals surface area contributed by atoms with Crippen molar-refractivity contribution in [1.29, 1.82) is 0 Å². The largest absolute Gasteiger partial charge is 0.397 e. The molecule has 0 aliphatic carbocycles. The summed E-state index contributed by atoms with van der Waals surface area (Å²) in [4.78, 5) is 0.951. The van der Waals surface area contributed by atoms with Crippen LogP contribution in [0.5, 0.6) is 0 Å². The molecule has 2 aromatic heterocycles. The van der Waals surface area contributed by atoms with Gasteiger partial charge in [0, 0.05) is 5.56 Å². The second-order valence-corrected chi connectivity index (χ2v) is 3.30. The molecule has 0 aromatic carbocycles. The van der Waals surface area contributed by atoms with E-state index in [2.05, 4.69) is 19.8 Å². The maximum atomic E-state index is 5.73. The Balaban J connectivity index is 2.59. The Kier molecular flexibility index (Phi) is 1.90. The second kappa shape index (κ2) is 3.06. The predicted molar refractivity (Wildman–Crippen MR) is 50.1 cm³/mol. The number of nitrogens with zero attached hydrogens (tertiary/aromatic N) is 4. The fraction of sp³-hybridized carbons (Fsp3) is 0.143. The number of anilines is 1. The zero-order chi connectivity index (χ0) is 9.26. The summed E-state index contributed by atoms with van der Waals surface area (Å²) >= 11 is 1.31. The number of aryl methyl sites for hydroxylation is 1. The van der Waals surface area contributed by atoms with Crippen molar-refractivity contribution in [3.63, 3.8) is 0 Å². The van der Waals surface area contributed by atoms with Crippen molar-refractivity contribution in [2.75, 3.05) is 5.73 Å². The lowest BCUT2D eigenvalue weighted by molar-refractivity contribution is 1.03. The summed E-state index contributed by atoms with van der Waals surface area (Å²) in [7, 11) is 0. The van der Waals surface area contributed by atoms with Crippen molar-refractivity contribution in [2.45, 2.75) is 6.92 Å². The molecule has 5 nitrogen and oxygen atoms in total. The molecule has 2 heterocycles. The average Bonchev–Trinajstić information content (AvgIpc) is 2.52. The van der Waals surface area contributed by atoms with E-state index in [0.29, 0.717) is 5.69 Å². The van der Waals surface area contributed by atoms with Gasteiger partial charge in [-0.2, -0.15) is 10.2 Å². The highest BCUT2D eigenvalue weighted by Gasteiger charge is 2.09. The number of rotatable bonds is 1. The molecule has 13 heavy (non-hydrogen) atoms. The number of nitrogen functional groups attached to an aromatic ring is 1. The van der Waals surface area contributed by atoms with Gasteiger partial charge in [-0.1, -0.05) is 4.49 Å². The van der Waals surface area contributed by atoms with Crippen LogP contribution in [0.15, 0.2) is 12.4 Å². The van der Waals surface area contributed by atoms with Crippen LogP contribution < -0.4 is 5.73 Å². The second-order valence-electron chi connectivity index (χ2n) is 2.55. The lowest BCUT2D eigenvalue weighted by atomic mass is 10.2. The van der Waals surface area contributed by atoms with Gasteiger partial charge in [0.25, 0.3) is 0 Å². The van der Waals surface area contributed by atoms with Gasteiger partial charge in [0.15, 0.2) is 0 Å². The van der Waals surface area contributed by atoms with Crippen LogP contribution in [0.3, 0.4) is 0 Å². The van der Waals surface area contributed by atoms with Crippen LogP contribution in [-0.4, -0.2) is 19.8 Å². The van der Waals surface area contributed by atoms with Crippen molar-refractivity contribution in [2.24, 2.45) is 0 Å². The number of nitrogens with two attached hydrogens (primary N) is 1. The molecule has 66 valence electrons. The van der Waals surface area contributed by atoms with E-state index in [4.69, 9.17) is 5.73 Å². The molecule has 0 saturated heterocycles. The smallest absolute Gasteiger partial charge is 0.0820 e. The third kappa shape index (κ3) is 1.35. The summed E-state index contributed by atoms with van der Waals surface area (Å²) in [6.45, 7) is 1.89. The Bertz CT molecular complexity index is 424. The molecule has 0 amide bonds. The minimum absolute atomic E-state index is 0.601. The lowest BCUT2D eigenvalue weighted by Gasteiger charge is -1.99. The highest BCUT2D eigenvalue weighted by molar-refractivity contribution is 7.09. The summed E-state index contributed by atoms with van der Waals surface area (Å²) in [5, 5.41) is 11.3. The van der Waals surface area contributed by atoms with Crippen molar-refractivity contribution in [1.82, 2.24) is 19.8 Å². The Hall–Kier alpha value is -1.56. The molecule has 0 atom stereocenters.